The van der Waals surface area contributed by atoms with Gasteiger partial charge in [-0.15, -0.1) is 0 Å². The van der Waals surface area contributed by atoms with Crippen LogP contribution >= 0.6 is 27.5 Å². The Hall–Kier alpha value is -5.01. The zero-order valence-corrected chi connectivity index (χ0v) is 28.5. The minimum atomic E-state index is -0.638. The summed E-state index contributed by atoms with van der Waals surface area (Å²) in [7, 11) is 0. The van der Waals surface area contributed by atoms with E-state index in [2.05, 4.69) is 31.2 Å². The predicted octanol–water partition coefficient (Wildman–Crippen LogP) is 5.75. The van der Waals surface area contributed by atoms with Crippen LogP contribution in [-0.2, 0) is 19.6 Å². The van der Waals surface area contributed by atoms with Crippen LogP contribution in [0.4, 0.5) is 10.2 Å². The van der Waals surface area contributed by atoms with Crippen LogP contribution in [0.5, 0.6) is 5.75 Å². The topological polar surface area (TPSA) is 137 Å². The number of amides is 2. The van der Waals surface area contributed by atoms with Crippen molar-refractivity contribution in [2.24, 2.45) is 0 Å². The number of rotatable bonds is 8. The first-order valence-electron chi connectivity index (χ1n) is 15.6. The molecule has 1 aliphatic carbocycles. The van der Waals surface area contributed by atoms with Crippen LogP contribution in [0.25, 0.3) is 17.1 Å². The van der Waals surface area contributed by atoms with E-state index in [1.807, 2.05) is 6.92 Å². The summed E-state index contributed by atoms with van der Waals surface area (Å²) in [5.74, 6) is -0.457. The lowest BCUT2D eigenvalue weighted by molar-refractivity contribution is 0.0610. The minimum absolute atomic E-state index is 0.0255. The van der Waals surface area contributed by atoms with E-state index in [0.717, 1.165) is 12.8 Å². The standard InChI is InChI=1S/C35H30BrClFN7O4/c1-19-17-44-29(18-43(19)34(47)20-5-12-26(36)27(37)15-20)31(45(35(44)48)21-6-8-22(9-7-21)49-23-10-11-23)33(46)41-16-25-24(3-2-4-28(25)38)32-40-14-13-30(39)42-32/h2-9,12-15,19,23H,10-11,16-18H2,1H3,(H,41,46)(H2,39,40,42). The smallest absolute Gasteiger partial charge is 0.333 e. The molecule has 5 aromatic rings. The highest BCUT2D eigenvalue weighted by Crippen LogP contribution is 2.30. The molecule has 1 unspecified atom stereocenters. The van der Waals surface area contributed by atoms with E-state index in [1.54, 1.807) is 53.4 Å². The fourth-order valence-electron chi connectivity index (χ4n) is 5.91. The predicted molar refractivity (Wildman–Crippen MR) is 185 cm³/mol. The van der Waals surface area contributed by atoms with E-state index in [0.29, 0.717) is 37.8 Å². The fourth-order valence-corrected chi connectivity index (χ4v) is 6.34. The summed E-state index contributed by atoms with van der Waals surface area (Å²) >= 11 is 9.66. The number of hydrogen-bond acceptors (Lipinski definition) is 7. The highest BCUT2D eigenvalue weighted by molar-refractivity contribution is 9.10. The number of ether oxygens (including phenoxy) is 1. The molecular formula is C35H30BrClFN7O4. The molecule has 0 spiro atoms. The third-order valence-electron chi connectivity index (χ3n) is 8.57. The zero-order chi connectivity index (χ0) is 34.4. The molecule has 3 aromatic carbocycles. The monoisotopic (exact) mass is 745 g/mol. The number of halogens is 3. The molecule has 0 radical (unpaired) electrons. The summed E-state index contributed by atoms with van der Waals surface area (Å²) in [5, 5.41) is 3.19. The van der Waals surface area contributed by atoms with Crippen molar-refractivity contribution in [1.29, 1.82) is 0 Å². The van der Waals surface area contributed by atoms with Crippen molar-refractivity contribution in [3.8, 4) is 22.8 Å². The Balaban J connectivity index is 1.27. The Morgan fingerprint density at radius 1 is 1.12 bits per heavy atom. The molecule has 3 heterocycles. The SMILES string of the molecule is CC1Cn2c(c(C(=O)NCc3c(F)cccc3-c3nccc(N)n3)n(-c3ccc(OC4CC4)cc3)c2=O)CN1C(=O)c1ccc(Br)c(Cl)c1. The number of benzene rings is 3. The Labute approximate surface area is 293 Å². The molecule has 11 nitrogen and oxygen atoms in total. The largest absolute Gasteiger partial charge is 0.490 e. The molecule has 2 aliphatic rings. The maximum Gasteiger partial charge on any atom is 0.333 e. The van der Waals surface area contributed by atoms with Gasteiger partial charge in [0.05, 0.1) is 29.1 Å². The van der Waals surface area contributed by atoms with Crippen LogP contribution in [0.1, 0.15) is 51.9 Å². The number of anilines is 1. The van der Waals surface area contributed by atoms with Gasteiger partial charge in [-0.2, -0.15) is 0 Å². The van der Waals surface area contributed by atoms with Gasteiger partial charge < -0.3 is 20.7 Å². The maximum atomic E-state index is 15.3. The van der Waals surface area contributed by atoms with E-state index in [1.165, 1.54) is 33.5 Å². The highest BCUT2D eigenvalue weighted by atomic mass is 79.9. The summed E-state index contributed by atoms with van der Waals surface area (Å²) < 4.78 is 24.7. The molecular weight excluding hydrogens is 717 g/mol. The number of nitrogens with zero attached hydrogens (tertiary/aromatic N) is 5. The average Bonchev–Trinajstić information content (AvgIpc) is 3.86. The number of nitrogen functional groups attached to an aromatic ring is 1. The molecule has 49 heavy (non-hydrogen) atoms. The normalized spacial score (nSPS) is 15.5. The number of nitrogens with two attached hydrogens (primary N) is 1. The van der Waals surface area contributed by atoms with Crippen LogP contribution in [0.2, 0.25) is 5.02 Å². The number of imidazole rings is 1. The van der Waals surface area contributed by atoms with E-state index in [9.17, 15) is 14.4 Å². The first-order valence-corrected chi connectivity index (χ1v) is 16.8. The van der Waals surface area contributed by atoms with Gasteiger partial charge >= 0.3 is 5.69 Å². The van der Waals surface area contributed by atoms with Crippen molar-refractivity contribution in [2.45, 2.75) is 51.5 Å². The lowest BCUT2D eigenvalue weighted by atomic mass is 10.1. The molecule has 1 atom stereocenters. The molecule has 14 heteroatoms. The summed E-state index contributed by atoms with van der Waals surface area (Å²) in [5.41, 5.74) is 7.07. The van der Waals surface area contributed by atoms with Crippen molar-refractivity contribution >= 4 is 45.2 Å². The third kappa shape index (κ3) is 6.43. The Morgan fingerprint density at radius 3 is 2.61 bits per heavy atom. The molecule has 1 aliphatic heterocycles. The molecule has 3 N–H and O–H groups in total. The van der Waals surface area contributed by atoms with Gasteiger partial charge in [-0.3, -0.25) is 18.7 Å². The number of fused-ring (bicyclic) bond motifs is 1. The summed E-state index contributed by atoms with van der Waals surface area (Å²) in [4.78, 5) is 52.2. The average molecular weight is 747 g/mol. The first kappa shape index (κ1) is 32.5. The maximum absolute atomic E-state index is 15.3. The van der Waals surface area contributed by atoms with Crippen molar-refractivity contribution in [3.63, 3.8) is 0 Å². The van der Waals surface area contributed by atoms with E-state index < -0.39 is 17.4 Å². The molecule has 0 saturated heterocycles. The van der Waals surface area contributed by atoms with Gasteiger partial charge in [0.25, 0.3) is 11.8 Å². The Kier molecular flexibility index (Phi) is 8.72. The molecule has 0 bridgehead atoms. The second-order valence-electron chi connectivity index (χ2n) is 12.0. The van der Waals surface area contributed by atoms with Crippen LogP contribution in [0, 0.1) is 5.82 Å². The number of aromatic nitrogens is 4. The summed E-state index contributed by atoms with van der Waals surface area (Å²) in [6.45, 7) is 1.70. The lowest BCUT2D eigenvalue weighted by Gasteiger charge is -2.34. The molecule has 1 saturated carbocycles. The third-order valence-corrected chi connectivity index (χ3v) is 9.80. The molecule has 250 valence electrons. The van der Waals surface area contributed by atoms with Gasteiger partial charge in [-0.25, -0.2) is 19.2 Å². The second kappa shape index (κ2) is 13.1. The zero-order valence-electron chi connectivity index (χ0n) is 26.2. The van der Waals surface area contributed by atoms with Gasteiger partial charge in [-0.05, 0) is 90.3 Å². The highest BCUT2D eigenvalue weighted by Gasteiger charge is 2.35. The fraction of sp³-hybridized carbons (Fsp3) is 0.229. The van der Waals surface area contributed by atoms with Crippen LogP contribution in [0.3, 0.4) is 0 Å². The van der Waals surface area contributed by atoms with Gasteiger partial charge in [0.15, 0.2) is 5.82 Å². The van der Waals surface area contributed by atoms with Crippen LogP contribution in [0.15, 0.2) is 82.2 Å². The van der Waals surface area contributed by atoms with E-state index >= 15 is 4.39 Å². The minimum Gasteiger partial charge on any atom is -0.490 e. The van der Waals surface area contributed by atoms with Crippen molar-refractivity contribution < 1.29 is 18.7 Å². The lowest BCUT2D eigenvalue weighted by Crippen LogP contribution is -2.47. The first-order chi connectivity index (χ1) is 23.6. The van der Waals surface area contributed by atoms with Crippen molar-refractivity contribution in [1.82, 2.24) is 29.3 Å². The number of carbonyl (C=O) groups is 2. The van der Waals surface area contributed by atoms with Crippen LogP contribution < -0.4 is 21.5 Å². The van der Waals surface area contributed by atoms with Gasteiger partial charge in [0, 0.05) is 46.5 Å². The second-order valence-corrected chi connectivity index (χ2v) is 13.3. The van der Waals surface area contributed by atoms with Gasteiger partial charge in [-0.1, -0.05) is 23.7 Å². The van der Waals surface area contributed by atoms with Crippen LogP contribution in [-0.4, -0.2) is 48.0 Å². The quantitative estimate of drug-likeness (QED) is 0.206. The van der Waals surface area contributed by atoms with E-state index in [-0.39, 0.29) is 60.6 Å². The number of carbonyl (C=O) groups excluding carboxylic acids is 2. The molecule has 7 rings (SSSR count). The summed E-state index contributed by atoms with van der Waals surface area (Å²) in [6.07, 6.45) is 3.63. The summed E-state index contributed by atoms with van der Waals surface area (Å²) in [6, 6.07) is 17.4. The Morgan fingerprint density at radius 2 is 1.90 bits per heavy atom. The van der Waals surface area contributed by atoms with Crippen molar-refractivity contribution in [3.05, 3.63) is 121 Å². The number of hydrogen-bond donors (Lipinski definition) is 2. The van der Waals surface area contributed by atoms with E-state index in [4.69, 9.17) is 22.1 Å². The van der Waals surface area contributed by atoms with Gasteiger partial charge in [0.1, 0.15) is 23.1 Å². The molecule has 1 fully saturated rings. The Bertz CT molecular complexity index is 2170. The molecule has 2 amide bonds. The number of nitrogens with one attached hydrogen (secondary N) is 1. The van der Waals surface area contributed by atoms with Gasteiger partial charge in [0.2, 0.25) is 0 Å². The van der Waals surface area contributed by atoms with Crippen molar-refractivity contribution in [2.75, 3.05) is 5.73 Å². The molecule has 2 aromatic heterocycles.